The molecule has 3 aromatic rings. The molecule has 1 aliphatic heterocycles. The van der Waals surface area contributed by atoms with E-state index in [2.05, 4.69) is 10.6 Å². The average Bonchev–Trinajstić information content (AvgIpc) is 3.39. The summed E-state index contributed by atoms with van der Waals surface area (Å²) in [6, 6.07) is 10.3. The van der Waals surface area contributed by atoms with Crippen molar-refractivity contribution >= 4 is 39.9 Å². The van der Waals surface area contributed by atoms with Gasteiger partial charge in [0.1, 0.15) is 16.3 Å². The van der Waals surface area contributed by atoms with Crippen molar-refractivity contribution in [2.24, 2.45) is 0 Å². The molecule has 11 heteroatoms. The monoisotopic (exact) mass is 526 g/mol. The summed E-state index contributed by atoms with van der Waals surface area (Å²) in [5, 5.41) is 6.25. The number of ether oxygens (including phenoxy) is 5. The minimum Gasteiger partial charge on any atom is -0.495 e. The van der Waals surface area contributed by atoms with E-state index in [4.69, 9.17) is 23.7 Å². The highest BCUT2D eigenvalue weighted by atomic mass is 32.1. The van der Waals surface area contributed by atoms with Gasteiger partial charge in [-0.25, -0.2) is 9.59 Å². The number of hydrogen-bond acceptors (Lipinski definition) is 10. The molecule has 2 N–H and O–H groups in total. The van der Waals surface area contributed by atoms with E-state index in [1.165, 1.54) is 21.3 Å². The molecule has 1 amide bonds. The number of anilines is 2. The first kappa shape index (κ1) is 25.8. The van der Waals surface area contributed by atoms with Crippen LogP contribution in [0.15, 0.2) is 36.4 Å². The van der Waals surface area contributed by atoms with Crippen molar-refractivity contribution < 1.29 is 38.1 Å². The van der Waals surface area contributed by atoms with Crippen molar-refractivity contribution in [1.82, 2.24) is 0 Å². The minimum atomic E-state index is -0.932. The molecule has 10 nitrogen and oxygen atoms in total. The summed E-state index contributed by atoms with van der Waals surface area (Å²) in [7, 11) is 4.41. The highest BCUT2D eigenvalue weighted by molar-refractivity contribution is 7.18. The number of nitrogens with one attached hydrogen (secondary N) is 2. The quantitative estimate of drug-likeness (QED) is 0.379. The second-order valence-electron chi connectivity index (χ2n) is 7.83. The van der Waals surface area contributed by atoms with E-state index < -0.39 is 24.1 Å². The first-order valence-corrected chi connectivity index (χ1v) is 12.1. The van der Waals surface area contributed by atoms with Gasteiger partial charge in [0, 0.05) is 5.56 Å². The maximum absolute atomic E-state index is 13.2. The van der Waals surface area contributed by atoms with Crippen LogP contribution in [-0.4, -0.2) is 45.8 Å². The van der Waals surface area contributed by atoms with Crippen LogP contribution in [-0.2, 0) is 9.47 Å². The van der Waals surface area contributed by atoms with Crippen LogP contribution in [0.1, 0.15) is 54.7 Å². The van der Waals surface area contributed by atoms with Gasteiger partial charge in [-0.15, -0.1) is 11.3 Å². The van der Waals surface area contributed by atoms with Gasteiger partial charge in [-0.05, 0) is 43.7 Å². The zero-order valence-electron chi connectivity index (χ0n) is 20.9. The number of amides is 1. The van der Waals surface area contributed by atoms with E-state index in [0.717, 1.165) is 11.3 Å². The molecule has 37 heavy (non-hydrogen) atoms. The fraction of sp³-hybridized carbons (Fsp3) is 0.269. The van der Waals surface area contributed by atoms with E-state index >= 15 is 0 Å². The predicted molar refractivity (Wildman–Crippen MR) is 137 cm³/mol. The molecule has 2 aromatic carbocycles. The van der Waals surface area contributed by atoms with Crippen LogP contribution >= 0.6 is 11.3 Å². The summed E-state index contributed by atoms with van der Waals surface area (Å²) < 4.78 is 26.8. The van der Waals surface area contributed by atoms with Crippen LogP contribution in [0.4, 0.5) is 10.7 Å². The Balaban J connectivity index is 1.72. The van der Waals surface area contributed by atoms with Gasteiger partial charge in [-0.2, -0.15) is 0 Å². The van der Waals surface area contributed by atoms with Gasteiger partial charge >= 0.3 is 11.9 Å². The molecule has 0 saturated heterocycles. The summed E-state index contributed by atoms with van der Waals surface area (Å²) in [6.45, 7) is 3.50. The molecule has 0 bridgehead atoms. The standard InChI is InChI=1S/C26H26N2O8S/c1-6-35-25(30)18-13(2)21(22(29)27-15-9-7-8-10-16(15)32-3)37-24(18)28-23-14-11-12-17(33-4)20(34-5)19(14)26(31)36-23/h7-12,23,28H,6H2,1-5H3,(H,27,29)/t23-/m0/s1. The summed E-state index contributed by atoms with van der Waals surface area (Å²) in [4.78, 5) is 39.1. The number of rotatable bonds is 9. The molecular weight excluding hydrogens is 500 g/mol. The molecule has 1 aliphatic rings. The maximum atomic E-state index is 13.2. The molecule has 4 rings (SSSR count). The van der Waals surface area contributed by atoms with Gasteiger partial charge in [0.05, 0.1) is 44.1 Å². The van der Waals surface area contributed by atoms with Gasteiger partial charge in [0.25, 0.3) is 5.91 Å². The largest absolute Gasteiger partial charge is 0.495 e. The Labute approximate surface area is 217 Å². The molecule has 1 atom stereocenters. The van der Waals surface area contributed by atoms with Gasteiger partial charge in [-0.1, -0.05) is 12.1 Å². The van der Waals surface area contributed by atoms with Crippen LogP contribution in [0.3, 0.4) is 0 Å². The second kappa shape index (κ2) is 10.8. The molecule has 0 saturated carbocycles. The number of hydrogen-bond donors (Lipinski definition) is 2. The van der Waals surface area contributed by atoms with Crippen molar-refractivity contribution in [3.05, 3.63) is 63.5 Å². The average molecular weight is 527 g/mol. The SMILES string of the molecule is CCOC(=O)c1c(N[C@H]2OC(=O)c3c2ccc(OC)c3OC)sc(C(=O)Nc2ccccc2OC)c1C. The Hall–Kier alpha value is -4.25. The Kier molecular flexibility index (Phi) is 7.53. The Morgan fingerprint density at radius 3 is 2.43 bits per heavy atom. The third-order valence-electron chi connectivity index (χ3n) is 5.74. The summed E-state index contributed by atoms with van der Waals surface area (Å²) >= 11 is 1.05. The van der Waals surface area contributed by atoms with Crippen molar-refractivity contribution in [2.45, 2.75) is 20.1 Å². The summed E-state index contributed by atoms with van der Waals surface area (Å²) in [6.07, 6.45) is -0.932. The first-order valence-electron chi connectivity index (χ1n) is 11.3. The molecule has 0 radical (unpaired) electrons. The van der Waals surface area contributed by atoms with E-state index in [0.29, 0.717) is 33.3 Å². The van der Waals surface area contributed by atoms with Crippen molar-refractivity contribution in [3.8, 4) is 17.2 Å². The normalized spacial score (nSPS) is 13.9. The van der Waals surface area contributed by atoms with Crippen molar-refractivity contribution in [2.75, 3.05) is 38.6 Å². The van der Waals surface area contributed by atoms with Crippen LogP contribution < -0.4 is 24.8 Å². The number of carbonyl (C=O) groups excluding carboxylic acids is 3. The third kappa shape index (κ3) is 4.77. The third-order valence-corrected chi connectivity index (χ3v) is 6.96. The summed E-state index contributed by atoms with van der Waals surface area (Å²) in [5.41, 5.74) is 1.81. The van der Waals surface area contributed by atoms with Crippen molar-refractivity contribution in [3.63, 3.8) is 0 Å². The molecule has 194 valence electrons. The van der Waals surface area contributed by atoms with Crippen LogP contribution in [0.5, 0.6) is 17.2 Å². The molecule has 0 unspecified atom stereocenters. The zero-order chi connectivity index (χ0) is 26.7. The second-order valence-corrected chi connectivity index (χ2v) is 8.85. The highest BCUT2D eigenvalue weighted by Crippen LogP contribution is 2.44. The number of fused-ring (bicyclic) bond motifs is 1. The lowest BCUT2D eigenvalue weighted by Gasteiger charge is -2.15. The predicted octanol–water partition coefficient (Wildman–Crippen LogP) is 4.79. The zero-order valence-corrected chi connectivity index (χ0v) is 21.7. The van der Waals surface area contributed by atoms with E-state index in [1.807, 2.05) is 0 Å². The maximum Gasteiger partial charge on any atom is 0.344 e. The lowest BCUT2D eigenvalue weighted by atomic mass is 10.1. The lowest BCUT2D eigenvalue weighted by molar-refractivity contribution is 0.0435. The van der Waals surface area contributed by atoms with E-state index in [-0.39, 0.29) is 28.4 Å². The van der Waals surface area contributed by atoms with E-state index in [1.54, 1.807) is 50.2 Å². The number of esters is 2. The fourth-order valence-corrected chi connectivity index (χ4v) is 5.14. The first-order chi connectivity index (χ1) is 17.8. The Morgan fingerprint density at radius 1 is 1.03 bits per heavy atom. The van der Waals surface area contributed by atoms with Gasteiger partial charge < -0.3 is 34.3 Å². The van der Waals surface area contributed by atoms with Gasteiger partial charge in [0.2, 0.25) is 6.23 Å². The number of methoxy groups -OCH3 is 3. The molecule has 0 fully saturated rings. The van der Waals surface area contributed by atoms with Crippen LogP contribution in [0.25, 0.3) is 0 Å². The summed E-state index contributed by atoms with van der Waals surface area (Å²) in [5.74, 6) is -0.517. The van der Waals surface area contributed by atoms with Gasteiger partial charge in [0.15, 0.2) is 11.5 Å². The molecule has 0 aliphatic carbocycles. The molecule has 2 heterocycles. The van der Waals surface area contributed by atoms with Crippen LogP contribution in [0.2, 0.25) is 0 Å². The fourth-order valence-electron chi connectivity index (χ4n) is 4.03. The number of thiophene rings is 1. The molecule has 1 aromatic heterocycles. The highest BCUT2D eigenvalue weighted by Gasteiger charge is 2.37. The number of benzene rings is 2. The van der Waals surface area contributed by atoms with Gasteiger partial charge in [-0.3, -0.25) is 4.79 Å². The molecular formula is C26H26N2O8S. The Morgan fingerprint density at radius 2 is 1.76 bits per heavy atom. The Bertz CT molecular complexity index is 1370. The number of para-hydroxylation sites is 2. The smallest absolute Gasteiger partial charge is 0.344 e. The lowest BCUT2D eigenvalue weighted by Crippen LogP contribution is -2.14. The topological polar surface area (TPSA) is 121 Å². The minimum absolute atomic E-state index is 0.147. The van der Waals surface area contributed by atoms with Crippen molar-refractivity contribution in [1.29, 1.82) is 0 Å². The molecule has 0 spiro atoms. The number of cyclic esters (lactones) is 1. The number of carbonyl (C=O) groups is 3. The van der Waals surface area contributed by atoms with Crippen LogP contribution in [0, 0.1) is 6.92 Å². The van der Waals surface area contributed by atoms with E-state index in [9.17, 15) is 14.4 Å².